The van der Waals surface area contributed by atoms with Crippen molar-refractivity contribution in [3.05, 3.63) is 29.8 Å². The van der Waals surface area contributed by atoms with Crippen LogP contribution in [0.5, 0.6) is 5.75 Å². The molecule has 0 saturated carbocycles. The Hall–Kier alpha value is -1.67. The van der Waals surface area contributed by atoms with Crippen molar-refractivity contribution in [2.45, 2.75) is 63.8 Å². The van der Waals surface area contributed by atoms with Crippen LogP contribution in [0.4, 0.5) is 0 Å². The molecular weight excluding hydrogens is 326 g/mol. The van der Waals surface area contributed by atoms with Crippen molar-refractivity contribution in [2.75, 3.05) is 6.61 Å². The van der Waals surface area contributed by atoms with Crippen molar-refractivity contribution in [3.8, 4) is 5.75 Å². The molecule has 1 saturated heterocycles. The molecule has 1 aliphatic heterocycles. The van der Waals surface area contributed by atoms with Crippen LogP contribution in [0, 0.1) is 0 Å². The van der Waals surface area contributed by atoms with Crippen LogP contribution < -0.4 is 10.1 Å². The van der Waals surface area contributed by atoms with Gasteiger partial charge in [-0.05, 0) is 30.0 Å². The summed E-state index contributed by atoms with van der Waals surface area (Å²) in [6.45, 7) is 5.08. The Kier molecular flexibility index (Phi) is 6.78. The molecule has 1 aliphatic rings. The molecule has 1 heterocycles. The molecule has 1 amide bonds. The second-order valence-electron chi connectivity index (χ2n) is 6.43. The molecule has 4 N–H and O–H groups in total. The first-order valence-electron chi connectivity index (χ1n) is 8.53. The lowest BCUT2D eigenvalue weighted by atomic mass is 9.97. The van der Waals surface area contributed by atoms with Crippen LogP contribution in [0.2, 0.25) is 0 Å². The number of hydrogen-bond acceptors (Lipinski definition) is 6. The molecular formula is C18H27NO6. The van der Waals surface area contributed by atoms with E-state index in [2.05, 4.69) is 19.2 Å². The van der Waals surface area contributed by atoms with E-state index in [-0.39, 0.29) is 5.91 Å². The van der Waals surface area contributed by atoms with Gasteiger partial charge in [0.15, 0.2) is 0 Å². The molecule has 0 radical (unpaired) electrons. The molecule has 7 nitrogen and oxygen atoms in total. The Morgan fingerprint density at radius 1 is 1.28 bits per heavy atom. The summed E-state index contributed by atoms with van der Waals surface area (Å²) in [5, 5.41) is 32.1. The van der Waals surface area contributed by atoms with Gasteiger partial charge in [0.2, 0.25) is 12.2 Å². The van der Waals surface area contributed by atoms with Crippen LogP contribution in [-0.2, 0) is 9.53 Å². The van der Waals surface area contributed by atoms with E-state index < -0.39 is 37.3 Å². The van der Waals surface area contributed by atoms with Gasteiger partial charge < -0.3 is 30.1 Å². The van der Waals surface area contributed by atoms with Crippen molar-refractivity contribution in [3.63, 3.8) is 0 Å². The van der Waals surface area contributed by atoms with E-state index in [1.807, 2.05) is 12.1 Å². The first-order chi connectivity index (χ1) is 11.9. The molecule has 6 atom stereocenters. The highest BCUT2D eigenvalue weighted by atomic mass is 16.7. The number of benzene rings is 1. The summed E-state index contributed by atoms with van der Waals surface area (Å²) in [5.41, 5.74) is 1.18. The van der Waals surface area contributed by atoms with E-state index >= 15 is 0 Å². The fourth-order valence-corrected chi connectivity index (χ4v) is 2.82. The second-order valence-corrected chi connectivity index (χ2v) is 6.43. The molecule has 1 fully saturated rings. The van der Waals surface area contributed by atoms with Gasteiger partial charge in [0.25, 0.3) is 0 Å². The zero-order valence-corrected chi connectivity index (χ0v) is 14.8. The van der Waals surface area contributed by atoms with Crippen molar-refractivity contribution in [2.24, 2.45) is 0 Å². The number of ether oxygens (including phenoxy) is 2. The molecule has 0 spiro atoms. The highest BCUT2D eigenvalue weighted by molar-refractivity contribution is 5.73. The second kappa shape index (κ2) is 8.62. The van der Waals surface area contributed by atoms with E-state index in [0.29, 0.717) is 11.7 Å². The van der Waals surface area contributed by atoms with Gasteiger partial charge in [0.1, 0.15) is 30.1 Å². The van der Waals surface area contributed by atoms with Crippen LogP contribution in [0.25, 0.3) is 0 Å². The quantitative estimate of drug-likeness (QED) is 0.594. The van der Waals surface area contributed by atoms with E-state index in [0.717, 1.165) is 6.42 Å². The molecule has 0 aliphatic carbocycles. The van der Waals surface area contributed by atoms with E-state index in [9.17, 15) is 20.1 Å². The first-order valence-corrected chi connectivity index (χ1v) is 8.53. The van der Waals surface area contributed by atoms with Crippen molar-refractivity contribution in [1.82, 2.24) is 5.32 Å². The predicted octanol–water partition coefficient (Wildman–Crippen LogP) is 0.523. The van der Waals surface area contributed by atoms with Gasteiger partial charge in [-0.15, -0.1) is 0 Å². The summed E-state index contributed by atoms with van der Waals surface area (Å²) >= 11 is 0. The topological polar surface area (TPSA) is 108 Å². The van der Waals surface area contributed by atoms with Crippen molar-refractivity contribution >= 4 is 5.91 Å². The third-order valence-corrected chi connectivity index (χ3v) is 4.56. The van der Waals surface area contributed by atoms with Gasteiger partial charge in [0, 0.05) is 6.92 Å². The maximum Gasteiger partial charge on any atom is 0.223 e. The van der Waals surface area contributed by atoms with Crippen LogP contribution in [0.1, 0.15) is 38.7 Å². The molecule has 7 heteroatoms. The number of amides is 1. The Balaban J connectivity index is 2.16. The smallest absolute Gasteiger partial charge is 0.223 e. The number of hydrogen-bond donors (Lipinski definition) is 4. The lowest BCUT2D eigenvalue weighted by Gasteiger charge is -2.42. The zero-order valence-electron chi connectivity index (χ0n) is 14.8. The minimum Gasteiger partial charge on any atom is -0.463 e. The molecule has 1 aromatic rings. The Morgan fingerprint density at radius 2 is 1.92 bits per heavy atom. The SMILES string of the molecule is CC[C@@H](C)c1ccc(O[C@H]2O[C@@H](CO)[C@@H](O)[C@H](O)[C@@H]2NC(C)=O)cc1. The zero-order chi connectivity index (χ0) is 18.6. The monoisotopic (exact) mass is 353 g/mol. The number of aliphatic hydroxyl groups excluding tert-OH is 3. The minimum atomic E-state index is -1.32. The van der Waals surface area contributed by atoms with E-state index in [1.54, 1.807) is 12.1 Å². The van der Waals surface area contributed by atoms with Gasteiger partial charge >= 0.3 is 0 Å². The highest BCUT2D eigenvalue weighted by Crippen LogP contribution is 2.26. The average Bonchev–Trinajstić information content (AvgIpc) is 2.60. The molecule has 25 heavy (non-hydrogen) atoms. The van der Waals surface area contributed by atoms with Gasteiger partial charge in [-0.25, -0.2) is 0 Å². The fourth-order valence-electron chi connectivity index (χ4n) is 2.82. The molecule has 140 valence electrons. The van der Waals surface area contributed by atoms with Gasteiger partial charge in [-0.1, -0.05) is 26.0 Å². The summed E-state index contributed by atoms with van der Waals surface area (Å²) in [6.07, 6.45) is -3.65. The summed E-state index contributed by atoms with van der Waals surface area (Å²) in [4.78, 5) is 11.4. The number of aliphatic hydroxyl groups is 3. The largest absolute Gasteiger partial charge is 0.463 e. The summed E-state index contributed by atoms with van der Waals surface area (Å²) in [5.74, 6) is 0.554. The molecule has 0 bridgehead atoms. The lowest BCUT2D eigenvalue weighted by molar-refractivity contribution is -0.244. The number of rotatable bonds is 6. The van der Waals surface area contributed by atoms with E-state index in [4.69, 9.17) is 9.47 Å². The molecule has 1 aromatic carbocycles. The maximum atomic E-state index is 11.4. The summed E-state index contributed by atoms with van der Waals surface area (Å²) in [7, 11) is 0. The molecule has 0 aromatic heterocycles. The Morgan fingerprint density at radius 3 is 2.44 bits per heavy atom. The number of nitrogens with one attached hydrogen (secondary N) is 1. The van der Waals surface area contributed by atoms with Crippen LogP contribution in [0.15, 0.2) is 24.3 Å². The fraction of sp³-hybridized carbons (Fsp3) is 0.611. The Labute approximate surface area is 147 Å². The van der Waals surface area contributed by atoms with Crippen LogP contribution in [-0.4, -0.2) is 58.5 Å². The van der Waals surface area contributed by atoms with Gasteiger partial charge in [-0.2, -0.15) is 0 Å². The van der Waals surface area contributed by atoms with Crippen molar-refractivity contribution in [1.29, 1.82) is 0 Å². The predicted molar refractivity (Wildman–Crippen MR) is 91.1 cm³/mol. The van der Waals surface area contributed by atoms with Gasteiger partial charge in [-0.3, -0.25) is 4.79 Å². The van der Waals surface area contributed by atoms with Crippen LogP contribution in [0.3, 0.4) is 0 Å². The number of carbonyl (C=O) groups excluding carboxylic acids is 1. The minimum absolute atomic E-state index is 0.386. The van der Waals surface area contributed by atoms with Crippen LogP contribution >= 0.6 is 0 Å². The van der Waals surface area contributed by atoms with Gasteiger partial charge in [0.05, 0.1) is 6.61 Å². The maximum absolute atomic E-state index is 11.4. The normalized spacial score (nSPS) is 30.6. The third-order valence-electron chi connectivity index (χ3n) is 4.56. The average molecular weight is 353 g/mol. The Bertz CT molecular complexity index is 563. The first kappa shape index (κ1) is 19.7. The molecule has 2 rings (SSSR count). The highest BCUT2D eigenvalue weighted by Gasteiger charge is 2.46. The molecule has 0 unspecified atom stereocenters. The lowest BCUT2D eigenvalue weighted by Crippen LogP contribution is -2.65. The summed E-state index contributed by atoms with van der Waals surface area (Å²) in [6, 6.07) is 6.54. The van der Waals surface area contributed by atoms with E-state index in [1.165, 1.54) is 12.5 Å². The van der Waals surface area contributed by atoms with Crippen molar-refractivity contribution < 1.29 is 29.6 Å². The summed E-state index contributed by atoms with van der Waals surface area (Å²) < 4.78 is 11.3. The third kappa shape index (κ3) is 4.70. The standard InChI is InChI=1S/C18H27NO6/c1-4-10(2)12-5-7-13(8-6-12)24-18-15(19-11(3)21)17(23)16(22)14(9-20)25-18/h5-8,10,14-18,20,22-23H,4,9H2,1-3H3,(H,19,21)/t10-,14+,15+,16-,17-,18+/m1/s1. The number of carbonyl (C=O) groups is 1.